The fourth-order valence-corrected chi connectivity index (χ4v) is 1.66. The maximum atomic E-state index is 4.16. The Morgan fingerprint density at radius 2 is 2.21 bits per heavy atom. The third-order valence-corrected chi connectivity index (χ3v) is 2.55. The number of hydrogen-bond donors (Lipinski definition) is 1. The summed E-state index contributed by atoms with van der Waals surface area (Å²) >= 11 is 3.32. The van der Waals surface area contributed by atoms with Gasteiger partial charge in [-0.15, -0.1) is 0 Å². The number of halogens is 1. The normalized spacial score (nSPS) is 12.5. The smallest absolute Gasteiger partial charge is 0.130 e. The van der Waals surface area contributed by atoms with Crippen molar-refractivity contribution in [1.29, 1.82) is 0 Å². The number of anilines is 1. The van der Waals surface area contributed by atoms with Crippen LogP contribution in [-0.2, 0) is 0 Å². The summed E-state index contributed by atoms with van der Waals surface area (Å²) in [5, 5.41) is 3.39. The Morgan fingerprint density at radius 3 is 2.79 bits per heavy atom. The Balaban J connectivity index is 2.57. The molecule has 0 saturated carbocycles. The second-order valence-corrected chi connectivity index (χ2v) is 4.08. The SMILES string of the molecule is CCCC(CC)Nc1cc(Br)ncn1. The van der Waals surface area contributed by atoms with Crippen LogP contribution in [0.4, 0.5) is 5.82 Å². The van der Waals surface area contributed by atoms with E-state index in [1.807, 2.05) is 6.07 Å². The molecule has 1 N–H and O–H groups in total. The molecule has 0 aliphatic rings. The molecule has 1 aromatic rings. The molecule has 0 saturated heterocycles. The molecular weight excluding hydrogens is 242 g/mol. The highest BCUT2D eigenvalue weighted by Gasteiger charge is 2.05. The average Bonchev–Trinajstić information content (AvgIpc) is 2.17. The van der Waals surface area contributed by atoms with E-state index in [2.05, 4.69) is 45.1 Å². The number of hydrogen-bond acceptors (Lipinski definition) is 3. The van der Waals surface area contributed by atoms with Gasteiger partial charge in [-0.2, -0.15) is 0 Å². The Morgan fingerprint density at radius 1 is 1.43 bits per heavy atom. The maximum absolute atomic E-state index is 4.16. The van der Waals surface area contributed by atoms with Crippen molar-refractivity contribution in [1.82, 2.24) is 9.97 Å². The van der Waals surface area contributed by atoms with E-state index in [1.165, 1.54) is 12.8 Å². The summed E-state index contributed by atoms with van der Waals surface area (Å²) in [6.07, 6.45) is 5.05. The van der Waals surface area contributed by atoms with Crippen LogP contribution in [-0.4, -0.2) is 16.0 Å². The van der Waals surface area contributed by atoms with E-state index in [9.17, 15) is 0 Å². The number of nitrogens with zero attached hydrogens (tertiary/aromatic N) is 2. The molecule has 0 radical (unpaired) electrons. The van der Waals surface area contributed by atoms with Crippen LogP contribution < -0.4 is 5.32 Å². The van der Waals surface area contributed by atoms with Gasteiger partial charge in [0.15, 0.2) is 0 Å². The second-order valence-electron chi connectivity index (χ2n) is 3.26. The molecular formula is C10H16BrN3. The lowest BCUT2D eigenvalue weighted by atomic mass is 10.1. The first kappa shape index (κ1) is 11.4. The zero-order chi connectivity index (χ0) is 10.4. The third kappa shape index (κ3) is 3.62. The zero-order valence-corrected chi connectivity index (χ0v) is 10.2. The first-order valence-electron chi connectivity index (χ1n) is 5.00. The Kier molecular flexibility index (Phi) is 4.87. The van der Waals surface area contributed by atoms with Crippen LogP contribution in [0.15, 0.2) is 17.0 Å². The van der Waals surface area contributed by atoms with Crippen molar-refractivity contribution in [3.05, 3.63) is 17.0 Å². The zero-order valence-electron chi connectivity index (χ0n) is 8.63. The van der Waals surface area contributed by atoms with Crippen LogP contribution in [0.25, 0.3) is 0 Å². The summed E-state index contributed by atoms with van der Waals surface area (Å²) in [5.41, 5.74) is 0. The molecule has 1 unspecified atom stereocenters. The van der Waals surface area contributed by atoms with E-state index in [1.54, 1.807) is 6.33 Å². The molecule has 14 heavy (non-hydrogen) atoms. The van der Waals surface area contributed by atoms with E-state index in [4.69, 9.17) is 0 Å². The minimum absolute atomic E-state index is 0.516. The molecule has 1 atom stereocenters. The maximum Gasteiger partial charge on any atom is 0.130 e. The molecule has 0 aliphatic carbocycles. The van der Waals surface area contributed by atoms with Gasteiger partial charge in [0.25, 0.3) is 0 Å². The first-order chi connectivity index (χ1) is 6.76. The summed E-state index contributed by atoms with van der Waals surface area (Å²) in [5.74, 6) is 0.896. The van der Waals surface area contributed by atoms with Crippen LogP contribution in [0, 0.1) is 0 Å². The Hall–Kier alpha value is -0.640. The molecule has 4 heteroatoms. The lowest BCUT2D eigenvalue weighted by Crippen LogP contribution is -2.18. The number of rotatable bonds is 5. The van der Waals surface area contributed by atoms with Gasteiger partial charge < -0.3 is 5.32 Å². The van der Waals surface area contributed by atoms with Gasteiger partial charge in [-0.25, -0.2) is 9.97 Å². The Bertz CT molecular complexity index is 278. The minimum atomic E-state index is 0.516. The lowest BCUT2D eigenvalue weighted by Gasteiger charge is -2.16. The second kappa shape index (κ2) is 5.96. The fraction of sp³-hybridized carbons (Fsp3) is 0.600. The predicted molar refractivity (Wildman–Crippen MR) is 62.3 cm³/mol. The summed E-state index contributed by atoms with van der Waals surface area (Å²) < 4.78 is 0.821. The third-order valence-electron chi connectivity index (χ3n) is 2.12. The van der Waals surface area contributed by atoms with Crippen molar-refractivity contribution >= 4 is 21.7 Å². The highest BCUT2D eigenvalue weighted by molar-refractivity contribution is 9.10. The molecule has 0 bridgehead atoms. The predicted octanol–water partition coefficient (Wildman–Crippen LogP) is 3.23. The van der Waals surface area contributed by atoms with Gasteiger partial charge in [-0.05, 0) is 28.8 Å². The number of aromatic nitrogens is 2. The monoisotopic (exact) mass is 257 g/mol. The summed E-state index contributed by atoms with van der Waals surface area (Å²) in [6.45, 7) is 4.38. The number of nitrogens with one attached hydrogen (secondary N) is 1. The van der Waals surface area contributed by atoms with E-state index < -0.39 is 0 Å². The van der Waals surface area contributed by atoms with Gasteiger partial charge in [-0.1, -0.05) is 20.3 Å². The van der Waals surface area contributed by atoms with Crippen molar-refractivity contribution < 1.29 is 0 Å². The van der Waals surface area contributed by atoms with Crippen molar-refractivity contribution in [3.63, 3.8) is 0 Å². The quantitative estimate of drug-likeness (QED) is 0.824. The van der Waals surface area contributed by atoms with Crippen LogP contribution in [0.1, 0.15) is 33.1 Å². The van der Waals surface area contributed by atoms with Gasteiger partial charge in [0, 0.05) is 12.1 Å². The van der Waals surface area contributed by atoms with Crippen molar-refractivity contribution in [2.24, 2.45) is 0 Å². The van der Waals surface area contributed by atoms with Gasteiger partial charge >= 0.3 is 0 Å². The lowest BCUT2D eigenvalue weighted by molar-refractivity contribution is 0.620. The van der Waals surface area contributed by atoms with E-state index in [-0.39, 0.29) is 0 Å². The summed E-state index contributed by atoms with van der Waals surface area (Å²) in [4.78, 5) is 8.14. The molecule has 0 aromatic carbocycles. The molecule has 1 aromatic heterocycles. The van der Waals surface area contributed by atoms with Crippen LogP contribution >= 0.6 is 15.9 Å². The summed E-state index contributed by atoms with van der Waals surface area (Å²) in [6, 6.07) is 2.42. The van der Waals surface area contributed by atoms with E-state index >= 15 is 0 Å². The van der Waals surface area contributed by atoms with Gasteiger partial charge in [0.05, 0.1) is 0 Å². The molecule has 0 aliphatic heterocycles. The first-order valence-corrected chi connectivity index (χ1v) is 5.79. The van der Waals surface area contributed by atoms with Crippen LogP contribution in [0.5, 0.6) is 0 Å². The Labute approximate surface area is 93.5 Å². The standard InChI is InChI=1S/C10H16BrN3/c1-3-5-8(4-2)14-10-6-9(11)12-7-13-10/h6-8H,3-5H2,1-2H3,(H,12,13,14). The van der Waals surface area contributed by atoms with Crippen molar-refractivity contribution in [2.75, 3.05) is 5.32 Å². The highest BCUT2D eigenvalue weighted by Crippen LogP contribution is 2.13. The minimum Gasteiger partial charge on any atom is -0.367 e. The molecule has 1 rings (SSSR count). The molecule has 78 valence electrons. The molecule has 0 spiro atoms. The van der Waals surface area contributed by atoms with Gasteiger partial charge in [-0.3, -0.25) is 0 Å². The topological polar surface area (TPSA) is 37.8 Å². The molecule has 1 heterocycles. The van der Waals surface area contributed by atoms with Gasteiger partial charge in [0.2, 0.25) is 0 Å². The largest absolute Gasteiger partial charge is 0.367 e. The van der Waals surface area contributed by atoms with E-state index in [0.29, 0.717) is 6.04 Å². The summed E-state index contributed by atoms with van der Waals surface area (Å²) in [7, 11) is 0. The van der Waals surface area contributed by atoms with Crippen molar-refractivity contribution in [2.45, 2.75) is 39.2 Å². The van der Waals surface area contributed by atoms with E-state index in [0.717, 1.165) is 16.8 Å². The van der Waals surface area contributed by atoms with Crippen molar-refractivity contribution in [3.8, 4) is 0 Å². The van der Waals surface area contributed by atoms with Crippen LogP contribution in [0.3, 0.4) is 0 Å². The van der Waals surface area contributed by atoms with Crippen LogP contribution in [0.2, 0.25) is 0 Å². The molecule has 3 nitrogen and oxygen atoms in total. The average molecular weight is 258 g/mol. The molecule has 0 amide bonds. The highest BCUT2D eigenvalue weighted by atomic mass is 79.9. The fourth-order valence-electron chi connectivity index (χ4n) is 1.35. The van der Waals surface area contributed by atoms with Gasteiger partial charge in [0.1, 0.15) is 16.7 Å². The molecule has 0 fully saturated rings.